The summed E-state index contributed by atoms with van der Waals surface area (Å²) in [5.74, 6) is 0.0755. The minimum atomic E-state index is -0.114. The van der Waals surface area contributed by atoms with Crippen LogP contribution in [0.25, 0.3) is 0 Å². The predicted octanol–water partition coefficient (Wildman–Crippen LogP) is 5.79. The summed E-state index contributed by atoms with van der Waals surface area (Å²) in [6.45, 7) is 1.46. The third kappa shape index (κ3) is 6.90. The Kier molecular flexibility index (Phi) is 7.13. The fourth-order valence-corrected chi connectivity index (χ4v) is 3.10. The van der Waals surface area contributed by atoms with E-state index in [1.165, 1.54) is 18.7 Å². The van der Waals surface area contributed by atoms with Crippen LogP contribution in [0.5, 0.6) is 0 Å². The van der Waals surface area contributed by atoms with Crippen molar-refractivity contribution in [3.8, 4) is 0 Å². The number of carbonyl (C=O) groups is 2. The second kappa shape index (κ2) is 10.2. The van der Waals surface area contributed by atoms with Gasteiger partial charge in [0.25, 0.3) is 0 Å². The van der Waals surface area contributed by atoms with Crippen LogP contribution in [0.3, 0.4) is 0 Å². The maximum Gasteiger partial charge on any atom is 0.234 e. The van der Waals surface area contributed by atoms with Gasteiger partial charge in [0.15, 0.2) is 0 Å². The molecule has 0 bridgehead atoms. The van der Waals surface area contributed by atoms with E-state index in [9.17, 15) is 9.59 Å². The number of anilines is 2. The summed E-state index contributed by atoms with van der Waals surface area (Å²) in [4.78, 5) is 24.1. The van der Waals surface area contributed by atoms with Gasteiger partial charge in [0, 0.05) is 23.2 Å². The molecule has 7 heteroatoms. The number of azo groups is 1. The van der Waals surface area contributed by atoms with Crippen molar-refractivity contribution in [3.63, 3.8) is 0 Å². The van der Waals surface area contributed by atoms with Crippen molar-refractivity contribution in [3.05, 3.63) is 78.9 Å². The Morgan fingerprint density at radius 3 is 1.93 bits per heavy atom. The lowest BCUT2D eigenvalue weighted by molar-refractivity contribution is -0.114. The summed E-state index contributed by atoms with van der Waals surface area (Å²) in [6.07, 6.45) is 0. The quantitative estimate of drug-likeness (QED) is 0.386. The normalized spacial score (nSPS) is 10.7. The molecule has 2 amide bonds. The molecule has 2 N–H and O–H groups in total. The first kappa shape index (κ1) is 20.3. The fourth-order valence-electron chi connectivity index (χ4n) is 2.41. The van der Waals surface area contributed by atoms with Crippen LogP contribution in [0.2, 0.25) is 0 Å². The number of hydrogen-bond donors (Lipinski definition) is 2. The highest BCUT2D eigenvalue weighted by Gasteiger charge is 2.05. The van der Waals surface area contributed by atoms with E-state index in [4.69, 9.17) is 0 Å². The van der Waals surface area contributed by atoms with E-state index < -0.39 is 0 Å². The minimum Gasteiger partial charge on any atom is -0.326 e. The van der Waals surface area contributed by atoms with Crippen molar-refractivity contribution in [2.75, 3.05) is 16.4 Å². The van der Waals surface area contributed by atoms with Crippen LogP contribution >= 0.6 is 11.8 Å². The molecule has 0 aliphatic heterocycles. The summed E-state index contributed by atoms with van der Waals surface area (Å²) in [5.41, 5.74) is 2.93. The highest BCUT2D eigenvalue weighted by atomic mass is 32.2. The zero-order valence-corrected chi connectivity index (χ0v) is 16.6. The molecule has 0 spiro atoms. The van der Waals surface area contributed by atoms with Crippen LogP contribution in [0, 0.1) is 0 Å². The van der Waals surface area contributed by atoms with Crippen LogP contribution in [0.1, 0.15) is 6.92 Å². The summed E-state index contributed by atoms with van der Waals surface area (Å²) in [5, 5.41) is 13.9. The van der Waals surface area contributed by atoms with E-state index in [1.54, 1.807) is 24.3 Å². The monoisotopic (exact) mass is 404 g/mol. The maximum atomic E-state index is 12.2. The Labute approximate surface area is 173 Å². The standard InChI is InChI=1S/C22H20N4O2S/c1-16(27)23-17-11-13-21(14-12-17)29-15-22(28)24-18-7-9-20(10-8-18)26-25-19-5-3-2-4-6-19/h2-14H,15H2,1H3,(H,23,27)(H,24,28). The molecule has 29 heavy (non-hydrogen) atoms. The second-order valence-electron chi connectivity index (χ2n) is 6.12. The smallest absolute Gasteiger partial charge is 0.234 e. The first-order valence-electron chi connectivity index (χ1n) is 8.96. The number of benzene rings is 3. The molecule has 0 saturated carbocycles. The summed E-state index contributed by atoms with van der Waals surface area (Å²) in [6, 6.07) is 24.0. The molecule has 0 saturated heterocycles. The van der Waals surface area contributed by atoms with E-state index in [-0.39, 0.29) is 17.6 Å². The Hall–Kier alpha value is -3.45. The number of hydrogen-bond acceptors (Lipinski definition) is 5. The van der Waals surface area contributed by atoms with Gasteiger partial charge in [-0.3, -0.25) is 9.59 Å². The molecule has 0 unspecified atom stereocenters. The molecule has 6 nitrogen and oxygen atoms in total. The molecule has 0 aliphatic carbocycles. The molecule has 146 valence electrons. The van der Waals surface area contributed by atoms with E-state index >= 15 is 0 Å². The van der Waals surface area contributed by atoms with E-state index in [0.717, 1.165) is 16.3 Å². The van der Waals surface area contributed by atoms with Crippen molar-refractivity contribution in [1.82, 2.24) is 0 Å². The van der Waals surface area contributed by atoms with Crippen LogP contribution < -0.4 is 10.6 Å². The van der Waals surface area contributed by atoms with Gasteiger partial charge in [-0.15, -0.1) is 11.8 Å². The zero-order valence-electron chi connectivity index (χ0n) is 15.8. The van der Waals surface area contributed by atoms with E-state index in [2.05, 4.69) is 20.9 Å². The number of thioether (sulfide) groups is 1. The Morgan fingerprint density at radius 1 is 0.759 bits per heavy atom. The van der Waals surface area contributed by atoms with Crippen molar-refractivity contribution < 1.29 is 9.59 Å². The van der Waals surface area contributed by atoms with Gasteiger partial charge in [0.05, 0.1) is 17.1 Å². The van der Waals surface area contributed by atoms with Crippen LogP contribution in [0.15, 0.2) is 94.0 Å². The Balaban J connectivity index is 1.48. The lowest BCUT2D eigenvalue weighted by Crippen LogP contribution is -2.13. The van der Waals surface area contributed by atoms with Crippen LogP contribution in [0.4, 0.5) is 22.7 Å². The van der Waals surface area contributed by atoms with Crippen molar-refractivity contribution in [2.24, 2.45) is 10.2 Å². The summed E-state index contributed by atoms with van der Waals surface area (Å²) in [7, 11) is 0. The SMILES string of the molecule is CC(=O)Nc1ccc(SCC(=O)Nc2ccc(N=Nc3ccccc3)cc2)cc1. The lowest BCUT2D eigenvalue weighted by Gasteiger charge is -2.06. The van der Waals surface area contributed by atoms with Gasteiger partial charge < -0.3 is 10.6 Å². The molecule has 0 heterocycles. The number of rotatable bonds is 7. The highest BCUT2D eigenvalue weighted by Crippen LogP contribution is 2.22. The fraction of sp³-hybridized carbons (Fsp3) is 0.0909. The summed E-state index contributed by atoms with van der Waals surface area (Å²) < 4.78 is 0. The second-order valence-corrected chi connectivity index (χ2v) is 7.17. The number of amides is 2. The van der Waals surface area contributed by atoms with Gasteiger partial charge in [-0.1, -0.05) is 18.2 Å². The molecule has 0 aromatic heterocycles. The third-order valence-electron chi connectivity index (χ3n) is 3.73. The molecule has 3 aromatic rings. The average Bonchev–Trinajstić information content (AvgIpc) is 2.73. The molecule has 0 fully saturated rings. The van der Waals surface area contributed by atoms with Crippen LogP contribution in [-0.2, 0) is 9.59 Å². The Morgan fingerprint density at radius 2 is 1.31 bits per heavy atom. The number of carbonyl (C=O) groups excluding carboxylic acids is 2. The first-order chi connectivity index (χ1) is 14.1. The average molecular weight is 404 g/mol. The van der Waals surface area contributed by atoms with Crippen LogP contribution in [-0.4, -0.2) is 17.6 Å². The topological polar surface area (TPSA) is 82.9 Å². The van der Waals surface area contributed by atoms with Gasteiger partial charge in [-0.25, -0.2) is 0 Å². The van der Waals surface area contributed by atoms with Gasteiger partial charge in [-0.05, 0) is 60.7 Å². The molecule has 3 rings (SSSR count). The summed E-state index contributed by atoms with van der Waals surface area (Å²) >= 11 is 1.43. The molecule has 3 aromatic carbocycles. The van der Waals surface area contributed by atoms with Gasteiger partial charge in [-0.2, -0.15) is 10.2 Å². The minimum absolute atomic E-state index is 0.0976. The zero-order chi connectivity index (χ0) is 20.5. The molecular formula is C22H20N4O2S. The van der Waals surface area contributed by atoms with E-state index in [0.29, 0.717) is 11.4 Å². The molecule has 0 atom stereocenters. The van der Waals surface area contributed by atoms with Crippen molar-refractivity contribution in [2.45, 2.75) is 11.8 Å². The van der Waals surface area contributed by atoms with Crippen molar-refractivity contribution in [1.29, 1.82) is 0 Å². The molecule has 0 radical (unpaired) electrons. The van der Waals surface area contributed by atoms with E-state index in [1.807, 2.05) is 54.6 Å². The predicted molar refractivity (Wildman–Crippen MR) is 117 cm³/mol. The van der Waals surface area contributed by atoms with Gasteiger partial charge >= 0.3 is 0 Å². The maximum absolute atomic E-state index is 12.2. The number of nitrogens with zero attached hydrogens (tertiary/aromatic N) is 2. The molecule has 0 aliphatic rings. The number of nitrogens with one attached hydrogen (secondary N) is 2. The first-order valence-corrected chi connectivity index (χ1v) is 9.94. The van der Waals surface area contributed by atoms with Gasteiger partial charge in [0.2, 0.25) is 11.8 Å². The third-order valence-corrected chi connectivity index (χ3v) is 4.74. The van der Waals surface area contributed by atoms with Crippen molar-refractivity contribution >= 4 is 46.3 Å². The molecular weight excluding hydrogens is 384 g/mol. The largest absolute Gasteiger partial charge is 0.326 e. The lowest BCUT2D eigenvalue weighted by atomic mass is 10.3. The van der Waals surface area contributed by atoms with Gasteiger partial charge in [0.1, 0.15) is 0 Å². The Bertz CT molecular complexity index is 988. The highest BCUT2D eigenvalue weighted by molar-refractivity contribution is 8.00.